The molecule has 1 unspecified atom stereocenters. The molecule has 6 heteroatoms. The van der Waals surface area contributed by atoms with E-state index in [1.165, 1.54) is 5.56 Å². The van der Waals surface area contributed by atoms with E-state index in [4.69, 9.17) is 9.47 Å². The molecule has 0 bridgehead atoms. The molecule has 2 aromatic rings. The van der Waals surface area contributed by atoms with Crippen molar-refractivity contribution in [2.24, 2.45) is 0 Å². The molecular weight excluding hydrogens is 348 g/mol. The van der Waals surface area contributed by atoms with E-state index in [0.29, 0.717) is 10.6 Å². The van der Waals surface area contributed by atoms with Gasteiger partial charge in [0, 0.05) is 38.3 Å². The molecule has 0 aliphatic carbocycles. The average Bonchev–Trinajstić information content (AvgIpc) is 2.68. The van der Waals surface area contributed by atoms with Crippen molar-refractivity contribution in [2.75, 3.05) is 40.4 Å². The first kappa shape index (κ1) is 18.9. The van der Waals surface area contributed by atoms with Crippen LogP contribution in [0.5, 0.6) is 11.5 Å². The Morgan fingerprint density at radius 1 is 0.962 bits per heavy atom. The second-order valence-corrected chi connectivity index (χ2v) is 7.82. The van der Waals surface area contributed by atoms with E-state index in [2.05, 4.69) is 29.2 Å². The van der Waals surface area contributed by atoms with Gasteiger partial charge in [-0.05, 0) is 24.6 Å². The molecule has 1 atom stereocenters. The molecular formula is C20H26N2O3S. The smallest absolute Gasteiger partial charge is 0.142 e. The minimum atomic E-state index is -1.24. The number of nitrogens with zero attached hydrogens (tertiary/aromatic N) is 2. The van der Waals surface area contributed by atoms with E-state index in [-0.39, 0.29) is 0 Å². The first-order valence-electron chi connectivity index (χ1n) is 8.78. The number of methoxy groups -OCH3 is 2. The van der Waals surface area contributed by atoms with Crippen molar-refractivity contribution in [1.82, 2.24) is 9.21 Å². The van der Waals surface area contributed by atoms with Crippen LogP contribution in [0.3, 0.4) is 0 Å². The van der Waals surface area contributed by atoms with Gasteiger partial charge in [0.25, 0.3) is 0 Å². The fourth-order valence-electron chi connectivity index (χ4n) is 3.30. The Hall–Kier alpha value is -1.89. The second-order valence-electron chi connectivity index (χ2n) is 6.36. The van der Waals surface area contributed by atoms with Crippen LogP contribution in [0.2, 0.25) is 0 Å². The molecule has 0 radical (unpaired) electrons. The zero-order valence-electron chi connectivity index (χ0n) is 15.6. The van der Waals surface area contributed by atoms with E-state index in [1.54, 1.807) is 14.2 Å². The molecule has 1 fully saturated rings. The first-order chi connectivity index (χ1) is 12.6. The number of hydrogen-bond donors (Lipinski definition) is 0. The predicted molar refractivity (Wildman–Crippen MR) is 104 cm³/mol. The summed E-state index contributed by atoms with van der Waals surface area (Å²) < 4.78 is 26.0. The van der Waals surface area contributed by atoms with Crippen LogP contribution in [-0.2, 0) is 17.5 Å². The summed E-state index contributed by atoms with van der Waals surface area (Å²) in [5.41, 5.74) is 2.19. The lowest BCUT2D eigenvalue weighted by Crippen LogP contribution is -2.46. The number of piperazine rings is 1. The molecule has 140 valence electrons. The molecule has 1 heterocycles. The summed E-state index contributed by atoms with van der Waals surface area (Å²) in [6.45, 7) is 6.21. The third-order valence-corrected chi connectivity index (χ3v) is 6.28. The van der Waals surface area contributed by atoms with Gasteiger partial charge in [0.05, 0.1) is 19.1 Å². The van der Waals surface area contributed by atoms with E-state index in [9.17, 15) is 4.21 Å². The van der Waals surface area contributed by atoms with Crippen LogP contribution in [0.1, 0.15) is 11.1 Å². The largest absolute Gasteiger partial charge is 0.496 e. The van der Waals surface area contributed by atoms with Gasteiger partial charge in [-0.25, -0.2) is 8.51 Å². The van der Waals surface area contributed by atoms with Crippen LogP contribution in [-0.4, -0.2) is 53.8 Å². The van der Waals surface area contributed by atoms with Gasteiger partial charge in [-0.2, -0.15) is 0 Å². The summed E-state index contributed by atoms with van der Waals surface area (Å²) in [6.07, 6.45) is 0. The van der Waals surface area contributed by atoms with Crippen molar-refractivity contribution < 1.29 is 13.7 Å². The summed E-state index contributed by atoms with van der Waals surface area (Å²) in [5, 5.41) is 0. The standard InChI is InChI=1S/C20H26N2O3S/c1-16-18(24-2)9-10-19(20(16)25-3)26(23)22-13-11-21(12-14-22)15-17-7-5-4-6-8-17/h4-10H,11-15H2,1-3H3. The lowest BCUT2D eigenvalue weighted by Gasteiger charge is -2.34. The fraction of sp³-hybridized carbons (Fsp3) is 0.400. The van der Waals surface area contributed by atoms with Crippen LogP contribution in [0.4, 0.5) is 0 Å². The topological polar surface area (TPSA) is 42.0 Å². The SMILES string of the molecule is COc1ccc(S(=O)N2CCN(Cc3ccccc3)CC2)c(OC)c1C. The van der Waals surface area contributed by atoms with Crippen LogP contribution >= 0.6 is 0 Å². The third kappa shape index (κ3) is 4.09. The summed E-state index contributed by atoms with van der Waals surface area (Å²) in [7, 11) is 2.00. The third-order valence-electron chi connectivity index (χ3n) is 4.75. The van der Waals surface area contributed by atoms with Gasteiger partial charge in [0.2, 0.25) is 0 Å². The zero-order valence-corrected chi connectivity index (χ0v) is 16.4. The van der Waals surface area contributed by atoms with Crippen LogP contribution < -0.4 is 9.47 Å². The summed E-state index contributed by atoms with van der Waals surface area (Å²) >= 11 is 0. The van der Waals surface area contributed by atoms with Crippen molar-refractivity contribution in [3.63, 3.8) is 0 Å². The van der Waals surface area contributed by atoms with E-state index >= 15 is 0 Å². The molecule has 1 aliphatic heterocycles. The van der Waals surface area contributed by atoms with Gasteiger partial charge >= 0.3 is 0 Å². The molecule has 3 rings (SSSR count). The Labute approximate surface area is 158 Å². The number of hydrogen-bond acceptors (Lipinski definition) is 4. The maximum Gasteiger partial charge on any atom is 0.142 e. The normalized spacial score (nSPS) is 17.0. The number of rotatable bonds is 6. The molecule has 1 aliphatic rings. The van der Waals surface area contributed by atoms with E-state index in [1.807, 2.05) is 29.4 Å². The highest BCUT2D eigenvalue weighted by Gasteiger charge is 2.25. The maximum atomic E-state index is 13.1. The molecule has 0 amide bonds. The molecule has 0 spiro atoms. The minimum absolute atomic E-state index is 0.648. The highest BCUT2D eigenvalue weighted by molar-refractivity contribution is 7.82. The molecule has 26 heavy (non-hydrogen) atoms. The average molecular weight is 375 g/mol. The van der Waals surface area contributed by atoms with Gasteiger partial charge in [0.1, 0.15) is 22.5 Å². The first-order valence-corrected chi connectivity index (χ1v) is 9.89. The van der Waals surface area contributed by atoms with Gasteiger partial charge in [-0.3, -0.25) is 4.90 Å². The quantitative estimate of drug-likeness (QED) is 0.780. The van der Waals surface area contributed by atoms with Gasteiger partial charge in [0.15, 0.2) is 0 Å². The van der Waals surface area contributed by atoms with Crippen LogP contribution in [0.25, 0.3) is 0 Å². The molecule has 0 saturated carbocycles. The Balaban J connectivity index is 1.66. The van der Waals surface area contributed by atoms with Crippen molar-refractivity contribution >= 4 is 11.0 Å². The van der Waals surface area contributed by atoms with Crippen LogP contribution in [0.15, 0.2) is 47.4 Å². The lowest BCUT2D eigenvalue weighted by atomic mass is 10.2. The molecule has 5 nitrogen and oxygen atoms in total. The number of benzene rings is 2. The summed E-state index contributed by atoms with van der Waals surface area (Å²) in [4.78, 5) is 3.11. The predicted octanol–water partition coefficient (Wildman–Crippen LogP) is 2.85. The summed E-state index contributed by atoms with van der Waals surface area (Å²) in [5.74, 6) is 1.39. The minimum Gasteiger partial charge on any atom is -0.496 e. The van der Waals surface area contributed by atoms with Gasteiger partial charge < -0.3 is 9.47 Å². The number of ether oxygens (including phenoxy) is 2. The molecule has 0 aromatic heterocycles. The van der Waals surface area contributed by atoms with Crippen LogP contribution in [0, 0.1) is 6.92 Å². The Morgan fingerprint density at radius 2 is 1.65 bits per heavy atom. The van der Waals surface area contributed by atoms with E-state index < -0.39 is 11.0 Å². The van der Waals surface area contributed by atoms with E-state index in [0.717, 1.165) is 44.0 Å². The molecule has 1 saturated heterocycles. The summed E-state index contributed by atoms with van der Waals surface area (Å²) in [6, 6.07) is 14.2. The van der Waals surface area contributed by atoms with Crippen molar-refractivity contribution in [3.8, 4) is 11.5 Å². The zero-order chi connectivity index (χ0) is 18.5. The Morgan fingerprint density at radius 3 is 2.27 bits per heavy atom. The fourth-order valence-corrected chi connectivity index (χ4v) is 4.65. The molecule has 0 N–H and O–H groups in total. The van der Waals surface area contributed by atoms with Gasteiger partial charge in [-0.1, -0.05) is 30.3 Å². The highest BCUT2D eigenvalue weighted by atomic mass is 32.2. The van der Waals surface area contributed by atoms with Gasteiger partial charge in [-0.15, -0.1) is 0 Å². The van der Waals surface area contributed by atoms with Crippen molar-refractivity contribution in [2.45, 2.75) is 18.4 Å². The molecule has 2 aromatic carbocycles. The van der Waals surface area contributed by atoms with Crippen molar-refractivity contribution in [3.05, 3.63) is 53.6 Å². The lowest BCUT2D eigenvalue weighted by molar-refractivity contribution is 0.185. The maximum absolute atomic E-state index is 13.1. The Bertz CT molecular complexity index is 759. The Kier molecular flexibility index (Phi) is 6.29. The highest BCUT2D eigenvalue weighted by Crippen LogP contribution is 2.34. The monoisotopic (exact) mass is 374 g/mol. The van der Waals surface area contributed by atoms with Crippen molar-refractivity contribution in [1.29, 1.82) is 0 Å². The second kappa shape index (κ2) is 8.66.